The first-order valence-electron chi connectivity index (χ1n) is 5.99. The quantitative estimate of drug-likeness (QED) is 0.462. The number of unbranched alkanes of at least 4 members (excludes halogenated alkanes) is 1. The molecule has 0 fully saturated rings. The second kappa shape index (κ2) is 10.8. The first-order chi connectivity index (χ1) is 7.74. The van der Waals surface area contributed by atoms with E-state index in [1.807, 2.05) is 24.3 Å². The summed E-state index contributed by atoms with van der Waals surface area (Å²) in [5.41, 5.74) is 6.37. The number of anilines is 1. The molecular formula is C13H24N2S. The molecule has 1 aromatic carbocycles. The van der Waals surface area contributed by atoms with Crippen LogP contribution in [0, 0.1) is 0 Å². The number of nitrogen functional groups attached to an aromatic ring is 1. The van der Waals surface area contributed by atoms with Gasteiger partial charge in [0, 0.05) is 17.1 Å². The SMILES string of the molecule is CCCC.CCCNSc1ccc(N)cc1. The Morgan fingerprint density at radius 2 is 1.56 bits per heavy atom. The fourth-order valence-electron chi connectivity index (χ4n) is 0.772. The Kier molecular flexibility index (Phi) is 10.4. The second-order valence-corrected chi connectivity index (χ2v) is 4.53. The number of benzene rings is 1. The molecule has 0 aliphatic carbocycles. The van der Waals surface area contributed by atoms with Gasteiger partial charge in [0.05, 0.1) is 0 Å². The molecule has 0 radical (unpaired) electrons. The molecule has 0 heterocycles. The standard InChI is InChI=1S/C9H14N2S.C4H10/c1-2-7-11-12-9-5-3-8(10)4-6-9;1-3-4-2/h3-6,11H,2,7,10H2,1H3;3-4H2,1-2H3. The van der Waals surface area contributed by atoms with E-state index in [4.69, 9.17) is 5.73 Å². The number of hydrogen-bond acceptors (Lipinski definition) is 3. The third-order valence-corrected chi connectivity index (χ3v) is 2.78. The molecule has 0 bridgehead atoms. The van der Waals surface area contributed by atoms with E-state index in [2.05, 4.69) is 25.5 Å². The van der Waals surface area contributed by atoms with Crippen molar-refractivity contribution in [1.29, 1.82) is 0 Å². The predicted molar refractivity (Wildman–Crippen MR) is 75.6 cm³/mol. The molecule has 92 valence electrons. The summed E-state index contributed by atoms with van der Waals surface area (Å²) in [7, 11) is 0. The minimum atomic E-state index is 0.815. The van der Waals surface area contributed by atoms with E-state index in [0.717, 1.165) is 18.7 Å². The minimum absolute atomic E-state index is 0.815. The van der Waals surface area contributed by atoms with Crippen molar-refractivity contribution in [3.63, 3.8) is 0 Å². The summed E-state index contributed by atoms with van der Waals surface area (Å²) in [6.45, 7) is 7.55. The van der Waals surface area contributed by atoms with E-state index in [0.29, 0.717) is 0 Å². The summed E-state index contributed by atoms with van der Waals surface area (Å²) >= 11 is 1.65. The van der Waals surface area contributed by atoms with Crippen LogP contribution in [0.1, 0.15) is 40.0 Å². The molecule has 0 saturated heterocycles. The maximum Gasteiger partial charge on any atom is 0.0314 e. The van der Waals surface area contributed by atoms with E-state index in [-0.39, 0.29) is 0 Å². The molecule has 0 spiro atoms. The van der Waals surface area contributed by atoms with Crippen LogP contribution in [0.2, 0.25) is 0 Å². The predicted octanol–water partition coefficient (Wildman–Crippen LogP) is 4.08. The highest BCUT2D eigenvalue weighted by atomic mass is 32.2. The van der Waals surface area contributed by atoms with Gasteiger partial charge in [-0.05, 0) is 42.6 Å². The maximum absolute atomic E-state index is 5.55. The van der Waals surface area contributed by atoms with Crippen LogP contribution in [0.25, 0.3) is 0 Å². The molecule has 0 atom stereocenters. The summed E-state index contributed by atoms with van der Waals surface area (Å²) in [6, 6.07) is 7.86. The summed E-state index contributed by atoms with van der Waals surface area (Å²) in [5, 5.41) is 0. The Balaban J connectivity index is 0.000000487. The first kappa shape index (κ1) is 15.3. The maximum atomic E-state index is 5.55. The van der Waals surface area contributed by atoms with E-state index in [1.54, 1.807) is 11.9 Å². The van der Waals surface area contributed by atoms with Gasteiger partial charge in [0.15, 0.2) is 0 Å². The number of nitrogens with one attached hydrogen (secondary N) is 1. The second-order valence-electron chi connectivity index (χ2n) is 3.57. The van der Waals surface area contributed by atoms with Crippen molar-refractivity contribution in [2.75, 3.05) is 12.3 Å². The fourth-order valence-corrected chi connectivity index (χ4v) is 1.52. The van der Waals surface area contributed by atoms with Crippen molar-refractivity contribution in [3.05, 3.63) is 24.3 Å². The van der Waals surface area contributed by atoms with Gasteiger partial charge in [0.2, 0.25) is 0 Å². The lowest BCUT2D eigenvalue weighted by Gasteiger charge is -2.01. The van der Waals surface area contributed by atoms with Gasteiger partial charge in [-0.3, -0.25) is 4.72 Å². The van der Waals surface area contributed by atoms with Crippen LogP contribution in [0.5, 0.6) is 0 Å². The summed E-state index contributed by atoms with van der Waals surface area (Å²) in [5.74, 6) is 0. The van der Waals surface area contributed by atoms with Gasteiger partial charge < -0.3 is 5.73 Å². The lowest BCUT2D eigenvalue weighted by Crippen LogP contribution is -2.03. The molecule has 3 heteroatoms. The van der Waals surface area contributed by atoms with Crippen LogP contribution in [-0.2, 0) is 0 Å². The zero-order chi connectivity index (χ0) is 12.2. The van der Waals surface area contributed by atoms with Crippen LogP contribution in [-0.4, -0.2) is 6.54 Å². The molecule has 16 heavy (non-hydrogen) atoms. The van der Waals surface area contributed by atoms with Crippen molar-refractivity contribution in [2.45, 2.75) is 44.9 Å². The molecular weight excluding hydrogens is 216 g/mol. The highest BCUT2D eigenvalue weighted by Gasteiger charge is 1.91. The van der Waals surface area contributed by atoms with Crippen molar-refractivity contribution in [1.82, 2.24) is 4.72 Å². The van der Waals surface area contributed by atoms with Gasteiger partial charge in [0.25, 0.3) is 0 Å². The molecule has 0 unspecified atom stereocenters. The van der Waals surface area contributed by atoms with E-state index in [1.165, 1.54) is 17.7 Å². The highest BCUT2D eigenvalue weighted by molar-refractivity contribution is 7.97. The fraction of sp³-hybridized carbons (Fsp3) is 0.538. The van der Waals surface area contributed by atoms with Crippen LogP contribution in [0.3, 0.4) is 0 Å². The summed E-state index contributed by atoms with van der Waals surface area (Å²) in [6.07, 6.45) is 3.79. The first-order valence-corrected chi connectivity index (χ1v) is 6.81. The highest BCUT2D eigenvalue weighted by Crippen LogP contribution is 2.15. The Labute approximate surface area is 104 Å². The Hall–Kier alpha value is -0.670. The monoisotopic (exact) mass is 240 g/mol. The van der Waals surface area contributed by atoms with Gasteiger partial charge in [-0.2, -0.15) is 0 Å². The number of hydrogen-bond donors (Lipinski definition) is 2. The molecule has 0 aliphatic heterocycles. The van der Waals surface area contributed by atoms with E-state index in [9.17, 15) is 0 Å². The Bertz CT molecular complexity index is 245. The summed E-state index contributed by atoms with van der Waals surface area (Å²) in [4.78, 5) is 1.21. The van der Waals surface area contributed by atoms with Gasteiger partial charge >= 0.3 is 0 Å². The molecule has 1 rings (SSSR count). The zero-order valence-corrected chi connectivity index (χ0v) is 11.4. The average molecular weight is 240 g/mol. The normalized spacial score (nSPS) is 9.44. The average Bonchev–Trinajstić information content (AvgIpc) is 2.32. The van der Waals surface area contributed by atoms with Crippen molar-refractivity contribution in [2.24, 2.45) is 0 Å². The zero-order valence-electron chi connectivity index (χ0n) is 10.6. The Morgan fingerprint density at radius 1 is 1.00 bits per heavy atom. The smallest absolute Gasteiger partial charge is 0.0314 e. The minimum Gasteiger partial charge on any atom is -0.399 e. The van der Waals surface area contributed by atoms with E-state index < -0.39 is 0 Å². The third-order valence-electron chi connectivity index (χ3n) is 1.92. The van der Waals surface area contributed by atoms with Crippen LogP contribution >= 0.6 is 11.9 Å². The molecule has 0 saturated carbocycles. The van der Waals surface area contributed by atoms with Crippen molar-refractivity contribution in [3.8, 4) is 0 Å². The van der Waals surface area contributed by atoms with E-state index >= 15 is 0 Å². The van der Waals surface area contributed by atoms with Gasteiger partial charge in [-0.25, -0.2) is 0 Å². The molecule has 0 aliphatic rings. The van der Waals surface area contributed by atoms with Crippen LogP contribution in [0.4, 0.5) is 5.69 Å². The van der Waals surface area contributed by atoms with Crippen LogP contribution < -0.4 is 10.5 Å². The molecule has 0 aromatic heterocycles. The lowest BCUT2D eigenvalue weighted by molar-refractivity contribution is 0.877. The number of nitrogens with two attached hydrogens (primary N) is 1. The molecule has 2 nitrogen and oxygen atoms in total. The van der Waals surface area contributed by atoms with Gasteiger partial charge in [-0.15, -0.1) is 0 Å². The number of rotatable bonds is 5. The summed E-state index contributed by atoms with van der Waals surface area (Å²) < 4.78 is 3.25. The Morgan fingerprint density at radius 3 is 2.00 bits per heavy atom. The molecule has 3 N–H and O–H groups in total. The molecule has 0 amide bonds. The molecule has 1 aromatic rings. The van der Waals surface area contributed by atoms with Crippen LogP contribution in [0.15, 0.2) is 29.2 Å². The van der Waals surface area contributed by atoms with Gasteiger partial charge in [-0.1, -0.05) is 33.6 Å². The largest absolute Gasteiger partial charge is 0.399 e. The topological polar surface area (TPSA) is 38.0 Å². The van der Waals surface area contributed by atoms with Crippen molar-refractivity contribution < 1.29 is 0 Å². The van der Waals surface area contributed by atoms with Gasteiger partial charge in [0.1, 0.15) is 0 Å². The third kappa shape index (κ3) is 8.62. The lowest BCUT2D eigenvalue weighted by atomic mass is 10.3. The van der Waals surface area contributed by atoms with Crippen molar-refractivity contribution >= 4 is 17.6 Å².